The maximum absolute atomic E-state index is 10.2. The van der Waals surface area contributed by atoms with Crippen molar-refractivity contribution < 1.29 is 9.84 Å². The average Bonchev–Trinajstić information content (AvgIpc) is 3.03. The monoisotopic (exact) mass is 266 g/mol. The largest absolute Gasteiger partial charge is 0.393 e. The average molecular weight is 266 g/mol. The Bertz CT molecular complexity index is 296. The zero-order valence-corrected chi connectivity index (χ0v) is 12.4. The van der Waals surface area contributed by atoms with Gasteiger partial charge < -0.3 is 9.84 Å². The summed E-state index contributed by atoms with van der Waals surface area (Å²) in [5, 5.41) is 10.2. The van der Waals surface area contributed by atoms with E-state index >= 15 is 0 Å². The highest BCUT2D eigenvalue weighted by molar-refractivity contribution is 4.94. The summed E-state index contributed by atoms with van der Waals surface area (Å²) < 4.78 is 6.42. The summed E-state index contributed by atoms with van der Waals surface area (Å²) in [4.78, 5) is 0. The Balaban J connectivity index is 1.53. The zero-order valence-electron chi connectivity index (χ0n) is 12.4. The van der Waals surface area contributed by atoms with Gasteiger partial charge >= 0.3 is 0 Å². The van der Waals surface area contributed by atoms with E-state index in [0.717, 1.165) is 18.8 Å². The van der Waals surface area contributed by atoms with Gasteiger partial charge in [0.15, 0.2) is 0 Å². The highest BCUT2D eigenvalue weighted by atomic mass is 16.5. The molecule has 1 aliphatic heterocycles. The molecule has 2 nitrogen and oxygen atoms in total. The van der Waals surface area contributed by atoms with Gasteiger partial charge in [-0.05, 0) is 63.2 Å². The Morgan fingerprint density at radius 2 is 1.89 bits per heavy atom. The first-order chi connectivity index (χ1) is 9.21. The minimum atomic E-state index is -0.0634. The van der Waals surface area contributed by atoms with Crippen LogP contribution in [-0.2, 0) is 4.74 Å². The van der Waals surface area contributed by atoms with E-state index in [-0.39, 0.29) is 11.7 Å². The maximum atomic E-state index is 10.2. The minimum absolute atomic E-state index is 0.0634. The van der Waals surface area contributed by atoms with Crippen LogP contribution < -0.4 is 0 Å². The molecule has 1 saturated heterocycles. The molecule has 0 aromatic carbocycles. The standard InChI is InChI=1S/C17H30O2/c1-2-13-5-6-16(18)14(11-13)12-15-7-10-17(19-15)8-3-4-9-17/h13-16,18H,2-12H2,1H3. The molecule has 19 heavy (non-hydrogen) atoms. The van der Waals surface area contributed by atoms with Crippen molar-refractivity contribution in [3.8, 4) is 0 Å². The molecule has 0 aromatic rings. The topological polar surface area (TPSA) is 29.5 Å². The van der Waals surface area contributed by atoms with E-state index in [1.54, 1.807) is 0 Å². The molecule has 4 unspecified atom stereocenters. The summed E-state index contributed by atoms with van der Waals surface area (Å²) in [6.07, 6.45) is 14.0. The fourth-order valence-electron chi connectivity index (χ4n) is 4.76. The van der Waals surface area contributed by atoms with Gasteiger partial charge in [-0.2, -0.15) is 0 Å². The third kappa shape index (κ3) is 3.00. The van der Waals surface area contributed by atoms with Crippen molar-refractivity contribution in [2.45, 2.75) is 95.4 Å². The number of ether oxygens (including phenoxy) is 1. The summed E-state index contributed by atoms with van der Waals surface area (Å²) in [5.74, 6) is 1.34. The van der Waals surface area contributed by atoms with E-state index in [2.05, 4.69) is 6.92 Å². The van der Waals surface area contributed by atoms with E-state index in [0.29, 0.717) is 12.0 Å². The molecule has 0 bridgehead atoms. The fraction of sp³-hybridized carbons (Fsp3) is 1.00. The Kier molecular flexibility index (Phi) is 4.19. The van der Waals surface area contributed by atoms with Crippen LogP contribution in [0.5, 0.6) is 0 Å². The lowest BCUT2D eigenvalue weighted by Gasteiger charge is -2.34. The first kappa shape index (κ1) is 13.9. The van der Waals surface area contributed by atoms with Crippen molar-refractivity contribution in [1.82, 2.24) is 0 Å². The number of aliphatic hydroxyl groups is 1. The lowest BCUT2D eigenvalue weighted by atomic mass is 9.76. The van der Waals surface area contributed by atoms with E-state index in [1.807, 2.05) is 0 Å². The lowest BCUT2D eigenvalue weighted by Crippen LogP contribution is -2.33. The second-order valence-electron chi connectivity index (χ2n) is 7.32. The van der Waals surface area contributed by atoms with E-state index < -0.39 is 0 Å². The molecular weight excluding hydrogens is 236 g/mol. The predicted octanol–water partition coefficient (Wildman–Crippen LogP) is 4.06. The van der Waals surface area contributed by atoms with E-state index in [9.17, 15) is 5.11 Å². The van der Waals surface area contributed by atoms with Gasteiger partial charge in [0.05, 0.1) is 17.8 Å². The number of hydrogen-bond donors (Lipinski definition) is 1. The minimum Gasteiger partial charge on any atom is -0.393 e. The first-order valence-electron chi connectivity index (χ1n) is 8.57. The smallest absolute Gasteiger partial charge is 0.0687 e. The highest BCUT2D eigenvalue weighted by Gasteiger charge is 2.43. The fourth-order valence-corrected chi connectivity index (χ4v) is 4.76. The van der Waals surface area contributed by atoms with Crippen LogP contribution >= 0.6 is 0 Å². The molecule has 4 atom stereocenters. The molecule has 110 valence electrons. The summed E-state index contributed by atoms with van der Waals surface area (Å²) in [5.41, 5.74) is 0.258. The van der Waals surface area contributed by atoms with Gasteiger partial charge in [0.1, 0.15) is 0 Å². The van der Waals surface area contributed by atoms with Crippen molar-refractivity contribution in [3.63, 3.8) is 0 Å². The normalized spacial score (nSPS) is 42.0. The molecule has 0 aromatic heterocycles. The molecule has 1 spiro atoms. The third-order valence-corrected chi connectivity index (χ3v) is 6.05. The molecule has 3 aliphatic rings. The molecule has 2 heteroatoms. The second-order valence-corrected chi connectivity index (χ2v) is 7.32. The van der Waals surface area contributed by atoms with Gasteiger partial charge in [0, 0.05) is 0 Å². The Hall–Kier alpha value is -0.0800. The van der Waals surface area contributed by atoms with Gasteiger partial charge in [-0.25, -0.2) is 0 Å². The van der Waals surface area contributed by atoms with Crippen LogP contribution in [0.2, 0.25) is 0 Å². The number of rotatable bonds is 3. The maximum Gasteiger partial charge on any atom is 0.0687 e. The molecular formula is C17H30O2. The Labute approximate surface area is 117 Å². The van der Waals surface area contributed by atoms with Gasteiger partial charge in [-0.1, -0.05) is 26.2 Å². The quantitative estimate of drug-likeness (QED) is 0.835. The summed E-state index contributed by atoms with van der Waals surface area (Å²) in [6.45, 7) is 2.29. The zero-order chi connectivity index (χ0) is 13.3. The molecule has 1 heterocycles. The molecule has 1 N–H and O–H groups in total. The van der Waals surface area contributed by atoms with Crippen molar-refractivity contribution in [3.05, 3.63) is 0 Å². The van der Waals surface area contributed by atoms with Crippen molar-refractivity contribution in [2.24, 2.45) is 11.8 Å². The van der Waals surface area contributed by atoms with Crippen LogP contribution in [0.3, 0.4) is 0 Å². The van der Waals surface area contributed by atoms with Crippen LogP contribution in [0.15, 0.2) is 0 Å². The molecule has 0 amide bonds. The summed E-state index contributed by atoms with van der Waals surface area (Å²) >= 11 is 0. The lowest BCUT2D eigenvalue weighted by molar-refractivity contribution is -0.0594. The van der Waals surface area contributed by atoms with Crippen LogP contribution in [0, 0.1) is 11.8 Å². The highest BCUT2D eigenvalue weighted by Crippen LogP contribution is 2.45. The Morgan fingerprint density at radius 3 is 2.63 bits per heavy atom. The summed E-state index contributed by atoms with van der Waals surface area (Å²) in [6, 6.07) is 0. The van der Waals surface area contributed by atoms with Gasteiger partial charge in [-0.15, -0.1) is 0 Å². The molecule has 2 aliphatic carbocycles. The van der Waals surface area contributed by atoms with Crippen LogP contribution in [0.25, 0.3) is 0 Å². The van der Waals surface area contributed by atoms with Gasteiger partial charge in [-0.3, -0.25) is 0 Å². The SMILES string of the molecule is CCC1CCC(O)C(CC2CCC3(CCCC3)O2)C1. The first-order valence-corrected chi connectivity index (χ1v) is 8.57. The van der Waals surface area contributed by atoms with E-state index in [4.69, 9.17) is 4.74 Å². The van der Waals surface area contributed by atoms with Gasteiger partial charge in [0.2, 0.25) is 0 Å². The molecule has 0 radical (unpaired) electrons. The molecule has 3 fully saturated rings. The van der Waals surface area contributed by atoms with Crippen molar-refractivity contribution in [1.29, 1.82) is 0 Å². The van der Waals surface area contributed by atoms with Crippen LogP contribution in [-0.4, -0.2) is 22.9 Å². The summed E-state index contributed by atoms with van der Waals surface area (Å²) in [7, 11) is 0. The number of hydrogen-bond acceptors (Lipinski definition) is 2. The predicted molar refractivity (Wildman–Crippen MR) is 77.1 cm³/mol. The Morgan fingerprint density at radius 1 is 1.11 bits per heavy atom. The van der Waals surface area contributed by atoms with Crippen LogP contribution in [0.4, 0.5) is 0 Å². The van der Waals surface area contributed by atoms with Crippen molar-refractivity contribution in [2.75, 3.05) is 0 Å². The molecule has 2 saturated carbocycles. The van der Waals surface area contributed by atoms with Gasteiger partial charge in [0.25, 0.3) is 0 Å². The molecule has 3 rings (SSSR count). The number of aliphatic hydroxyl groups excluding tert-OH is 1. The second kappa shape index (κ2) is 5.73. The third-order valence-electron chi connectivity index (χ3n) is 6.05. The van der Waals surface area contributed by atoms with E-state index in [1.165, 1.54) is 57.8 Å². The van der Waals surface area contributed by atoms with Crippen molar-refractivity contribution >= 4 is 0 Å². The van der Waals surface area contributed by atoms with Crippen LogP contribution in [0.1, 0.15) is 77.6 Å².